The lowest BCUT2D eigenvalue weighted by atomic mass is 9.71. The first-order valence-electron chi connectivity index (χ1n) is 7.68. The van der Waals surface area contributed by atoms with Crippen molar-refractivity contribution in [2.75, 3.05) is 0 Å². The predicted octanol–water partition coefficient (Wildman–Crippen LogP) is 3.55. The first kappa shape index (κ1) is 14.3. The zero-order chi connectivity index (χ0) is 13.9. The van der Waals surface area contributed by atoms with Crippen LogP contribution in [0.3, 0.4) is 0 Å². The van der Waals surface area contributed by atoms with Gasteiger partial charge in [0, 0.05) is 24.1 Å². The second-order valence-electron chi connectivity index (χ2n) is 6.02. The van der Waals surface area contributed by atoms with E-state index in [1.807, 2.05) is 4.68 Å². The second kappa shape index (κ2) is 5.89. The summed E-state index contributed by atoms with van der Waals surface area (Å²) in [6, 6.07) is 2.10. The molecule has 19 heavy (non-hydrogen) atoms. The quantitative estimate of drug-likeness (QED) is 0.813. The molecule has 0 atom stereocenters. The Morgan fingerprint density at radius 2 is 2.00 bits per heavy atom. The number of nitrogens with zero attached hydrogens (tertiary/aromatic N) is 2. The molecule has 1 heterocycles. The summed E-state index contributed by atoms with van der Waals surface area (Å²) >= 11 is 0. The highest BCUT2D eigenvalue weighted by Gasteiger charge is 2.34. The van der Waals surface area contributed by atoms with Crippen LogP contribution in [0.5, 0.6) is 0 Å². The van der Waals surface area contributed by atoms with E-state index in [0.717, 1.165) is 37.2 Å². The van der Waals surface area contributed by atoms with Crippen molar-refractivity contribution in [1.82, 2.24) is 9.78 Å². The van der Waals surface area contributed by atoms with Crippen LogP contribution in [0.2, 0.25) is 0 Å². The number of aryl methyl sites for hydroxylation is 2. The van der Waals surface area contributed by atoms with E-state index in [9.17, 15) is 4.79 Å². The Morgan fingerprint density at radius 3 is 2.58 bits per heavy atom. The molecule has 1 aromatic heterocycles. The fourth-order valence-corrected chi connectivity index (χ4v) is 3.09. The highest BCUT2D eigenvalue weighted by Crippen LogP contribution is 2.37. The molecule has 1 saturated carbocycles. The van der Waals surface area contributed by atoms with Gasteiger partial charge in [-0.2, -0.15) is 5.10 Å². The van der Waals surface area contributed by atoms with Gasteiger partial charge in [-0.1, -0.05) is 33.1 Å². The molecule has 0 bridgehead atoms. The molecule has 3 heteroatoms. The Balaban J connectivity index is 2.11. The molecule has 1 aliphatic rings. The molecule has 106 valence electrons. The Morgan fingerprint density at radius 1 is 1.32 bits per heavy atom. The topological polar surface area (TPSA) is 34.9 Å². The summed E-state index contributed by atoms with van der Waals surface area (Å²) in [6.07, 6.45) is 7.31. The molecule has 0 unspecified atom stereocenters. The molecular weight excluding hydrogens is 236 g/mol. The van der Waals surface area contributed by atoms with Gasteiger partial charge in [0.15, 0.2) is 0 Å². The first-order chi connectivity index (χ1) is 9.09. The van der Waals surface area contributed by atoms with Crippen LogP contribution in [-0.4, -0.2) is 15.6 Å². The van der Waals surface area contributed by atoms with Gasteiger partial charge >= 0.3 is 0 Å². The molecule has 0 aliphatic heterocycles. The van der Waals surface area contributed by atoms with Crippen LogP contribution >= 0.6 is 0 Å². The summed E-state index contributed by atoms with van der Waals surface area (Å²) in [5.41, 5.74) is 2.10. The molecule has 1 aliphatic carbocycles. The Labute approximate surface area is 116 Å². The first-order valence-corrected chi connectivity index (χ1v) is 7.68. The van der Waals surface area contributed by atoms with Crippen molar-refractivity contribution in [2.24, 2.45) is 5.41 Å². The van der Waals surface area contributed by atoms with Crippen molar-refractivity contribution in [1.29, 1.82) is 0 Å². The molecule has 0 amide bonds. The number of Topliss-reactive ketones (excluding diaryl/α,β-unsaturated/α-hetero) is 1. The third-order valence-electron chi connectivity index (χ3n) is 4.55. The third-order valence-corrected chi connectivity index (χ3v) is 4.55. The maximum absolute atomic E-state index is 12.6. The minimum Gasteiger partial charge on any atom is -0.299 e. The molecule has 0 radical (unpaired) electrons. The van der Waals surface area contributed by atoms with Crippen LogP contribution in [0.1, 0.15) is 64.3 Å². The van der Waals surface area contributed by atoms with Gasteiger partial charge in [-0.05, 0) is 32.3 Å². The normalized spacial score (nSPS) is 18.5. The maximum atomic E-state index is 12.6. The number of aromatic nitrogens is 2. The minimum absolute atomic E-state index is 0.0898. The van der Waals surface area contributed by atoms with Gasteiger partial charge in [-0.25, -0.2) is 0 Å². The average molecular weight is 262 g/mol. The predicted molar refractivity (Wildman–Crippen MR) is 77.2 cm³/mol. The van der Waals surface area contributed by atoms with Gasteiger partial charge in [0.05, 0.1) is 5.69 Å². The zero-order valence-electron chi connectivity index (χ0n) is 12.5. The van der Waals surface area contributed by atoms with Crippen molar-refractivity contribution in [3.63, 3.8) is 0 Å². The van der Waals surface area contributed by atoms with E-state index in [1.54, 1.807) is 0 Å². The summed E-state index contributed by atoms with van der Waals surface area (Å²) in [6.45, 7) is 7.19. The lowest BCUT2D eigenvalue weighted by Crippen LogP contribution is -2.32. The van der Waals surface area contributed by atoms with Crippen molar-refractivity contribution in [3.8, 4) is 0 Å². The fraction of sp³-hybridized carbons (Fsp3) is 0.750. The van der Waals surface area contributed by atoms with Crippen LogP contribution in [0.4, 0.5) is 0 Å². The van der Waals surface area contributed by atoms with Crippen LogP contribution < -0.4 is 0 Å². The summed E-state index contributed by atoms with van der Waals surface area (Å²) in [5, 5.41) is 4.53. The highest BCUT2D eigenvalue weighted by molar-refractivity contribution is 5.86. The van der Waals surface area contributed by atoms with E-state index in [-0.39, 0.29) is 5.41 Å². The zero-order valence-corrected chi connectivity index (χ0v) is 12.5. The van der Waals surface area contributed by atoms with E-state index >= 15 is 0 Å². The summed E-state index contributed by atoms with van der Waals surface area (Å²) in [7, 11) is 0. The van der Waals surface area contributed by atoms with Crippen molar-refractivity contribution >= 4 is 5.78 Å². The molecule has 1 fully saturated rings. The van der Waals surface area contributed by atoms with Gasteiger partial charge in [-0.15, -0.1) is 0 Å². The number of rotatable bonds is 5. The third kappa shape index (κ3) is 3.07. The average Bonchev–Trinajstić information content (AvgIpc) is 2.82. The van der Waals surface area contributed by atoms with Crippen molar-refractivity contribution in [2.45, 2.75) is 72.3 Å². The lowest BCUT2D eigenvalue weighted by Gasteiger charge is -2.32. The molecule has 0 N–H and O–H groups in total. The van der Waals surface area contributed by atoms with Crippen molar-refractivity contribution < 1.29 is 4.79 Å². The number of carbonyl (C=O) groups is 1. The Kier molecular flexibility index (Phi) is 4.43. The van der Waals surface area contributed by atoms with E-state index < -0.39 is 0 Å². The summed E-state index contributed by atoms with van der Waals surface area (Å²) < 4.78 is 1.99. The Hall–Kier alpha value is -1.12. The molecule has 3 nitrogen and oxygen atoms in total. The maximum Gasteiger partial charge on any atom is 0.144 e. The van der Waals surface area contributed by atoms with Gasteiger partial charge < -0.3 is 0 Å². The molecule has 0 aromatic carbocycles. The molecule has 0 saturated heterocycles. The minimum atomic E-state index is -0.0898. The van der Waals surface area contributed by atoms with E-state index in [0.29, 0.717) is 12.2 Å². The molecule has 1 aromatic rings. The largest absolute Gasteiger partial charge is 0.299 e. The lowest BCUT2D eigenvalue weighted by molar-refractivity contribution is -0.129. The second-order valence-corrected chi connectivity index (χ2v) is 6.02. The van der Waals surface area contributed by atoms with Crippen LogP contribution in [0, 0.1) is 5.41 Å². The SMILES string of the molecule is CCc1cc(CC(=O)C2(C)CCCCC2)n(CC)n1. The molecule has 2 rings (SSSR count). The summed E-state index contributed by atoms with van der Waals surface area (Å²) in [5.74, 6) is 0.407. The molecule has 0 spiro atoms. The van der Waals surface area contributed by atoms with E-state index in [4.69, 9.17) is 0 Å². The standard InChI is InChI=1S/C16H26N2O/c1-4-13-11-14(18(5-2)17-13)12-15(19)16(3)9-7-6-8-10-16/h11H,4-10,12H2,1-3H3. The van der Waals surface area contributed by atoms with E-state index in [1.165, 1.54) is 19.3 Å². The molecular formula is C16H26N2O. The fourth-order valence-electron chi connectivity index (χ4n) is 3.09. The van der Waals surface area contributed by atoms with Crippen molar-refractivity contribution in [3.05, 3.63) is 17.5 Å². The number of hydrogen-bond donors (Lipinski definition) is 0. The van der Waals surface area contributed by atoms with E-state index in [2.05, 4.69) is 31.9 Å². The van der Waals surface area contributed by atoms with Gasteiger partial charge in [0.1, 0.15) is 5.78 Å². The monoisotopic (exact) mass is 262 g/mol. The van der Waals surface area contributed by atoms with Crippen LogP contribution in [0.25, 0.3) is 0 Å². The van der Waals surface area contributed by atoms with Gasteiger partial charge in [0.25, 0.3) is 0 Å². The number of hydrogen-bond acceptors (Lipinski definition) is 2. The smallest absolute Gasteiger partial charge is 0.144 e. The van der Waals surface area contributed by atoms with Crippen LogP contribution in [0.15, 0.2) is 6.07 Å². The highest BCUT2D eigenvalue weighted by atomic mass is 16.1. The number of ketones is 1. The summed E-state index contributed by atoms with van der Waals surface area (Å²) in [4.78, 5) is 12.6. The Bertz CT molecular complexity index is 442. The van der Waals surface area contributed by atoms with Gasteiger partial charge in [-0.3, -0.25) is 9.48 Å². The van der Waals surface area contributed by atoms with Crippen LogP contribution in [-0.2, 0) is 24.2 Å². The van der Waals surface area contributed by atoms with Gasteiger partial charge in [0.2, 0.25) is 0 Å². The number of carbonyl (C=O) groups excluding carboxylic acids is 1.